The fourth-order valence-electron chi connectivity index (χ4n) is 1.43. The second kappa shape index (κ2) is 6.30. The van der Waals surface area contributed by atoms with Crippen LogP contribution in [0.5, 0.6) is 0 Å². The van der Waals surface area contributed by atoms with E-state index in [1.165, 1.54) is 12.1 Å². The molecule has 0 heterocycles. The van der Waals surface area contributed by atoms with E-state index < -0.39 is 5.92 Å². The Bertz CT molecular complexity index is 405. The van der Waals surface area contributed by atoms with Crippen LogP contribution in [0.2, 0.25) is 0 Å². The van der Waals surface area contributed by atoms with Gasteiger partial charge in [-0.2, -0.15) is 0 Å². The van der Waals surface area contributed by atoms with E-state index in [0.717, 1.165) is 5.56 Å². The Balaban J connectivity index is 2.53. The third-order valence-electron chi connectivity index (χ3n) is 2.45. The standard InChI is InChI=1S/C12H15FN2OS/c1-2-10(11(14)17)12(16)15-7-8-3-5-9(13)6-4-8/h3-6,10H,2,7H2,1H3,(H2,14,17)(H,15,16). The minimum atomic E-state index is -0.439. The van der Waals surface area contributed by atoms with Crippen LogP contribution in [0.4, 0.5) is 4.39 Å². The highest BCUT2D eigenvalue weighted by Gasteiger charge is 2.18. The molecule has 3 nitrogen and oxygen atoms in total. The van der Waals surface area contributed by atoms with E-state index in [4.69, 9.17) is 18.0 Å². The highest BCUT2D eigenvalue weighted by Crippen LogP contribution is 2.05. The average Bonchev–Trinajstić information content (AvgIpc) is 2.28. The molecule has 17 heavy (non-hydrogen) atoms. The first-order valence-electron chi connectivity index (χ1n) is 5.36. The molecule has 1 amide bonds. The summed E-state index contributed by atoms with van der Waals surface area (Å²) in [6.07, 6.45) is 0.574. The highest BCUT2D eigenvalue weighted by atomic mass is 32.1. The van der Waals surface area contributed by atoms with Crippen molar-refractivity contribution in [2.75, 3.05) is 0 Å². The fourth-order valence-corrected chi connectivity index (χ4v) is 1.70. The smallest absolute Gasteiger partial charge is 0.230 e. The number of thiocarbonyl (C=S) groups is 1. The Morgan fingerprint density at radius 3 is 2.53 bits per heavy atom. The lowest BCUT2D eigenvalue weighted by Gasteiger charge is -2.13. The molecular weight excluding hydrogens is 239 g/mol. The molecule has 1 rings (SSSR count). The average molecular weight is 254 g/mol. The van der Waals surface area contributed by atoms with Gasteiger partial charge in [0.1, 0.15) is 5.82 Å². The van der Waals surface area contributed by atoms with Crippen LogP contribution in [0, 0.1) is 11.7 Å². The summed E-state index contributed by atoms with van der Waals surface area (Å²) >= 11 is 4.81. The highest BCUT2D eigenvalue weighted by molar-refractivity contribution is 7.80. The van der Waals surface area contributed by atoms with Gasteiger partial charge in [-0.25, -0.2) is 4.39 Å². The molecule has 1 unspecified atom stereocenters. The number of carbonyl (C=O) groups is 1. The zero-order valence-electron chi connectivity index (χ0n) is 9.57. The number of nitrogens with two attached hydrogens (primary N) is 1. The molecule has 0 aliphatic carbocycles. The molecule has 0 fully saturated rings. The maximum absolute atomic E-state index is 12.7. The molecule has 0 spiro atoms. The SMILES string of the molecule is CCC(C(=O)NCc1ccc(F)cc1)C(N)=S. The van der Waals surface area contributed by atoms with Crippen molar-refractivity contribution >= 4 is 23.1 Å². The Morgan fingerprint density at radius 2 is 2.06 bits per heavy atom. The molecule has 92 valence electrons. The van der Waals surface area contributed by atoms with Crippen molar-refractivity contribution in [3.8, 4) is 0 Å². The Kier molecular flexibility index (Phi) is 5.03. The summed E-state index contributed by atoms with van der Waals surface area (Å²) in [5, 5.41) is 2.72. The predicted molar refractivity (Wildman–Crippen MR) is 68.8 cm³/mol. The van der Waals surface area contributed by atoms with Crippen molar-refractivity contribution in [3.63, 3.8) is 0 Å². The van der Waals surface area contributed by atoms with Gasteiger partial charge in [-0.3, -0.25) is 4.79 Å². The van der Waals surface area contributed by atoms with Gasteiger partial charge >= 0.3 is 0 Å². The largest absolute Gasteiger partial charge is 0.393 e. The summed E-state index contributed by atoms with van der Waals surface area (Å²) in [5.74, 6) is -0.926. The molecule has 0 radical (unpaired) electrons. The van der Waals surface area contributed by atoms with E-state index in [0.29, 0.717) is 13.0 Å². The van der Waals surface area contributed by atoms with Crippen LogP contribution < -0.4 is 11.1 Å². The van der Waals surface area contributed by atoms with Gasteiger partial charge in [0, 0.05) is 6.54 Å². The third kappa shape index (κ3) is 4.11. The molecular formula is C12H15FN2OS. The lowest BCUT2D eigenvalue weighted by Crippen LogP contribution is -2.37. The molecule has 5 heteroatoms. The van der Waals surface area contributed by atoms with Crippen molar-refractivity contribution in [1.82, 2.24) is 5.32 Å². The second-order valence-corrected chi connectivity index (χ2v) is 4.18. The van der Waals surface area contributed by atoms with Crippen molar-refractivity contribution in [2.24, 2.45) is 11.7 Å². The zero-order chi connectivity index (χ0) is 12.8. The summed E-state index contributed by atoms with van der Waals surface area (Å²) in [4.78, 5) is 11.9. The summed E-state index contributed by atoms with van der Waals surface area (Å²) in [7, 11) is 0. The van der Waals surface area contributed by atoms with Gasteiger partial charge in [0.05, 0.1) is 10.9 Å². The molecule has 0 saturated carbocycles. The number of benzene rings is 1. The van der Waals surface area contributed by atoms with Crippen LogP contribution in [-0.2, 0) is 11.3 Å². The fraction of sp³-hybridized carbons (Fsp3) is 0.333. The first-order chi connectivity index (χ1) is 8.04. The van der Waals surface area contributed by atoms with E-state index in [9.17, 15) is 9.18 Å². The van der Waals surface area contributed by atoms with Crippen LogP contribution in [0.3, 0.4) is 0 Å². The summed E-state index contributed by atoms with van der Waals surface area (Å²) in [6, 6.07) is 5.95. The lowest BCUT2D eigenvalue weighted by atomic mass is 10.1. The van der Waals surface area contributed by atoms with Crippen molar-refractivity contribution in [1.29, 1.82) is 0 Å². The van der Waals surface area contributed by atoms with Crippen LogP contribution in [0.1, 0.15) is 18.9 Å². The summed E-state index contributed by atoms with van der Waals surface area (Å²) in [5.41, 5.74) is 6.29. The monoisotopic (exact) mass is 254 g/mol. The third-order valence-corrected chi connectivity index (χ3v) is 2.73. The molecule has 0 aromatic heterocycles. The van der Waals surface area contributed by atoms with Crippen LogP contribution in [-0.4, -0.2) is 10.9 Å². The molecule has 1 aromatic carbocycles. The van der Waals surface area contributed by atoms with Gasteiger partial charge in [0.25, 0.3) is 0 Å². The molecule has 1 aromatic rings. The number of halogens is 1. The summed E-state index contributed by atoms with van der Waals surface area (Å²) < 4.78 is 12.7. The molecule has 0 aliphatic heterocycles. The zero-order valence-corrected chi connectivity index (χ0v) is 10.4. The Hall–Kier alpha value is -1.49. The lowest BCUT2D eigenvalue weighted by molar-refractivity contribution is -0.123. The molecule has 0 saturated heterocycles. The minimum absolute atomic E-state index is 0.190. The van der Waals surface area contributed by atoms with Gasteiger partial charge in [0.2, 0.25) is 5.91 Å². The first kappa shape index (κ1) is 13.6. The van der Waals surface area contributed by atoms with E-state index >= 15 is 0 Å². The number of amides is 1. The number of rotatable bonds is 5. The van der Waals surface area contributed by atoms with E-state index in [2.05, 4.69) is 5.32 Å². The van der Waals surface area contributed by atoms with E-state index in [1.807, 2.05) is 6.92 Å². The van der Waals surface area contributed by atoms with Gasteiger partial charge in [-0.15, -0.1) is 0 Å². The van der Waals surface area contributed by atoms with Gasteiger partial charge in [-0.05, 0) is 24.1 Å². The number of carbonyl (C=O) groups excluding carboxylic acids is 1. The predicted octanol–water partition coefficient (Wildman–Crippen LogP) is 1.75. The van der Waals surface area contributed by atoms with Gasteiger partial charge in [-0.1, -0.05) is 31.3 Å². The maximum Gasteiger partial charge on any atom is 0.230 e. The second-order valence-electron chi connectivity index (χ2n) is 3.71. The minimum Gasteiger partial charge on any atom is -0.393 e. The normalized spacial score (nSPS) is 11.9. The number of nitrogens with one attached hydrogen (secondary N) is 1. The maximum atomic E-state index is 12.7. The van der Waals surface area contributed by atoms with Gasteiger partial charge in [0.15, 0.2) is 0 Å². The van der Waals surface area contributed by atoms with Crippen molar-refractivity contribution < 1.29 is 9.18 Å². The van der Waals surface area contributed by atoms with E-state index in [1.54, 1.807) is 12.1 Å². The Labute approximate surface area is 105 Å². The molecule has 1 atom stereocenters. The van der Waals surface area contributed by atoms with Crippen LogP contribution >= 0.6 is 12.2 Å². The molecule has 0 aliphatic rings. The van der Waals surface area contributed by atoms with Crippen molar-refractivity contribution in [3.05, 3.63) is 35.6 Å². The van der Waals surface area contributed by atoms with Crippen molar-refractivity contribution in [2.45, 2.75) is 19.9 Å². The van der Waals surface area contributed by atoms with Gasteiger partial charge < -0.3 is 11.1 Å². The quantitative estimate of drug-likeness (QED) is 0.787. The molecule has 3 N–H and O–H groups in total. The summed E-state index contributed by atoms with van der Waals surface area (Å²) in [6.45, 7) is 2.19. The molecule has 0 bridgehead atoms. The number of hydrogen-bond donors (Lipinski definition) is 2. The first-order valence-corrected chi connectivity index (χ1v) is 5.77. The van der Waals surface area contributed by atoms with E-state index in [-0.39, 0.29) is 16.7 Å². The Morgan fingerprint density at radius 1 is 1.47 bits per heavy atom. The van der Waals surface area contributed by atoms with Crippen LogP contribution in [0.15, 0.2) is 24.3 Å². The topological polar surface area (TPSA) is 55.1 Å². The number of hydrogen-bond acceptors (Lipinski definition) is 2. The van der Waals surface area contributed by atoms with Crippen LogP contribution in [0.25, 0.3) is 0 Å².